The molecule has 1 aromatic carbocycles. The first-order valence-electron chi connectivity index (χ1n) is 5.89. The molecule has 1 N–H and O–H groups in total. The Labute approximate surface area is 104 Å². The molecule has 1 aromatic rings. The molecule has 96 valence electrons. The molecule has 0 saturated carbocycles. The number of anilines is 1. The Morgan fingerprint density at radius 3 is 1.88 bits per heavy atom. The van der Waals surface area contributed by atoms with Gasteiger partial charge in [-0.05, 0) is 38.8 Å². The SMILES string of the molecule is COC(OC)C(C)Nc1c(C)cc(C)cc1C. The lowest BCUT2D eigenvalue weighted by molar-refractivity contribution is -0.109. The van der Waals surface area contributed by atoms with Crippen molar-refractivity contribution in [3.63, 3.8) is 0 Å². The maximum atomic E-state index is 5.25. The normalized spacial score (nSPS) is 12.9. The molecule has 0 fully saturated rings. The van der Waals surface area contributed by atoms with Crippen LogP contribution in [0.4, 0.5) is 5.69 Å². The minimum absolute atomic E-state index is 0.102. The van der Waals surface area contributed by atoms with Crippen LogP contribution in [0, 0.1) is 20.8 Å². The van der Waals surface area contributed by atoms with E-state index in [2.05, 4.69) is 45.1 Å². The summed E-state index contributed by atoms with van der Waals surface area (Å²) >= 11 is 0. The standard InChI is InChI=1S/C14H23NO2/c1-9-7-10(2)13(11(3)8-9)15-12(4)14(16-5)17-6/h7-8,12,14-15H,1-6H3. The fourth-order valence-corrected chi connectivity index (χ4v) is 2.21. The van der Waals surface area contributed by atoms with Gasteiger partial charge in [-0.3, -0.25) is 0 Å². The van der Waals surface area contributed by atoms with Crippen LogP contribution in [0.3, 0.4) is 0 Å². The van der Waals surface area contributed by atoms with Gasteiger partial charge in [-0.1, -0.05) is 17.7 Å². The van der Waals surface area contributed by atoms with Crippen molar-refractivity contribution in [3.05, 3.63) is 28.8 Å². The highest BCUT2D eigenvalue weighted by Gasteiger charge is 2.17. The van der Waals surface area contributed by atoms with E-state index in [1.807, 2.05) is 0 Å². The molecule has 17 heavy (non-hydrogen) atoms. The summed E-state index contributed by atoms with van der Waals surface area (Å²) in [6, 6.07) is 4.46. The van der Waals surface area contributed by atoms with Gasteiger partial charge >= 0.3 is 0 Å². The predicted molar refractivity (Wildman–Crippen MR) is 71.5 cm³/mol. The highest BCUT2D eigenvalue weighted by atomic mass is 16.7. The van der Waals surface area contributed by atoms with Crippen LogP contribution in [0.5, 0.6) is 0 Å². The smallest absolute Gasteiger partial charge is 0.176 e. The van der Waals surface area contributed by atoms with Crippen molar-refractivity contribution >= 4 is 5.69 Å². The van der Waals surface area contributed by atoms with Gasteiger partial charge in [0.15, 0.2) is 6.29 Å². The van der Waals surface area contributed by atoms with E-state index in [4.69, 9.17) is 9.47 Å². The zero-order chi connectivity index (χ0) is 13.0. The molecule has 0 heterocycles. The summed E-state index contributed by atoms with van der Waals surface area (Å²) in [6.07, 6.45) is -0.241. The van der Waals surface area contributed by atoms with Crippen molar-refractivity contribution in [3.8, 4) is 0 Å². The summed E-state index contributed by atoms with van der Waals surface area (Å²) in [5.41, 5.74) is 4.95. The van der Waals surface area contributed by atoms with Crippen LogP contribution in [-0.2, 0) is 9.47 Å². The third-order valence-corrected chi connectivity index (χ3v) is 2.92. The predicted octanol–water partition coefficient (Wildman–Crippen LogP) is 3.03. The summed E-state index contributed by atoms with van der Waals surface area (Å²) in [4.78, 5) is 0. The van der Waals surface area contributed by atoms with Crippen LogP contribution < -0.4 is 5.32 Å². The molecule has 3 heteroatoms. The van der Waals surface area contributed by atoms with Crippen LogP contribution in [0.2, 0.25) is 0 Å². The molecule has 0 bridgehead atoms. The molecule has 0 aliphatic heterocycles. The summed E-state index contributed by atoms with van der Waals surface area (Å²) in [6.45, 7) is 8.39. The zero-order valence-electron chi connectivity index (χ0n) is 11.6. The lowest BCUT2D eigenvalue weighted by atomic mass is 10.0. The van der Waals surface area contributed by atoms with Gasteiger partial charge < -0.3 is 14.8 Å². The Bertz CT molecular complexity index is 349. The highest BCUT2D eigenvalue weighted by Crippen LogP contribution is 2.23. The quantitative estimate of drug-likeness (QED) is 0.798. The number of ether oxygens (including phenoxy) is 2. The van der Waals surface area contributed by atoms with Gasteiger partial charge in [-0.25, -0.2) is 0 Å². The molecule has 0 aliphatic rings. The van der Waals surface area contributed by atoms with E-state index in [1.54, 1.807) is 14.2 Å². The Morgan fingerprint density at radius 2 is 1.47 bits per heavy atom. The second kappa shape index (κ2) is 6.03. The average Bonchev–Trinajstić information content (AvgIpc) is 2.25. The molecule has 0 aromatic heterocycles. The van der Waals surface area contributed by atoms with Gasteiger partial charge in [-0.2, -0.15) is 0 Å². The summed E-state index contributed by atoms with van der Waals surface area (Å²) in [5, 5.41) is 3.46. The lowest BCUT2D eigenvalue weighted by Gasteiger charge is -2.25. The third kappa shape index (κ3) is 3.45. The van der Waals surface area contributed by atoms with Gasteiger partial charge in [0.2, 0.25) is 0 Å². The van der Waals surface area contributed by atoms with Gasteiger partial charge in [0.25, 0.3) is 0 Å². The largest absolute Gasteiger partial charge is 0.377 e. The number of benzene rings is 1. The first kappa shape index (κ1) is 14.0. The van der Waals surface area contributed by atoms with E-state index in [-0.39, 0.29) is 12.3 Å². The minimum atomic E-state index is -0.241. The second-order valence-electron chi connectivity index (χ2n) is 4.55. The van der Waals surface area contributed by atoms with E-state index in [9.17, 15) is 0 Å². The summed E-state index contributed by atoms with van der Waals surface area (Å²) < 4.78 is 10.5. The lowest BCUT2D eigenvalue weighted by Crippen LogP contribution is -2.34. The van der Waals surface area contributed by atoms with Crippen molar-refractivity contribution in [2.45, 2.75) is 40.0 Å². The molecular weight excluding hydrogens is 214 g/mol. The maximum Gasteiger partial charge on any atom is 0.176 e. The number of hydrogen-bond acceptors (Lipinski definition) is 3. The molecular formula is C14H23NO2. The topological polar surface area (TPSA) is 30.5 Å². The summed E-state index contributed by atoms with van der Waals surface area (Å²) in [5.74, 6) is 0. The first-order valence-corrected chi connectivity index (χ1v) is 5.89. The Balaban J connectivity index is 2.88. The Kier molecular flexibility index (Phi) is 4.97. The van der Waals surface area contributed by atoms with Crippen molar-refractivity contribution in [2.75, 3.05) is 19.5 Å². The van der Waals surface area contributed by atoms with Crippen LogP contribution in [0.1, 0.15) is 23.6 Å². The molecule has 0 saturated heterocycles. The zero-order valence-corrected chi connectivity index (χ0v) is 11.6. The molecule has 0 amide bonds. The molecule has 0 radical (unpaired) electrons. The summed E-state index contributed by atoms with van der Waals surface area (Å²) in [7, 11) is 3.31. The van der Waals surface area contributed by atoms with E-state index in [0.717, 1.165) is 0 Å². The van der Waals surface area contributed by atoms with Gasteiger partial charge in [0, 0.05) is 19.9 Å². The molecule has 1 rings (SSSR count). The van der Waals surface area contributed by atoms with Gasteiger partial charge in [0.05, 0.1) is 6.04 Å². The van der Waals surface area contributed by atoms with Crippen molar-refractivity contribution in [1.82, 2.24) is 0 Å². The third-order valence-electron chi connectivity index (χ3n) is 2.92. The molecule has 0 aliphatic carbocycles. The monoisotopic (exact) mass is 237 g/mol. The molecule has 0 spiro atoms. The number of hydrogen-bond donors (Lipinski definition) is 1. The van der Waals surface area contributed by atoms with Gasteiger partial charge in [0.1, 0.15) is 0 Å². The molecule has 1 atom stereocenters. The number of aryl methyl sites for hydroxylation is 3. The van der Waals surface area contributed by atoms with E-state index in [1.165, 1.54) is 22.4 Å². The Hall–Kier alpha value is -1.06. The first-order chi connectivity index (χ1) is 7.99. The maximum absolute atomic E-state index is 5.25. The van der Waals surface area contributed by atoms with Gasteiger partial charge in [-0.15, -0.1) is 0 Å². The van der Waals surface area contributed by atoms with E-state index < -0.39 is 0 Å². The van der Waals surface area contributed by atoms with Crippen LogP contribution in [-0.4, -0.2) is 26.6 Å². The number of rotatable bonds is 5. The van der Waals surface area contributed by atoms with Crippen LogP contribution in [0.25, 0.3) is 0 Å². The van der Waals surface area contributed by atoms with Crippen LogP contribution >= 0.6 is 0 Å². The number of methoxy groups -OCH3 is 2. The average molecular weight is 237 g/mol. The molecule has 3 nitrogen and oxygen atoms in total. The van der Waals surface area contributed by atoms with Crippen molar-refractivity contribution < 1.29 is 9.47 Å². The van der Waals surface area contributed by atoms with Crippen molar-refractivity contribution in [2.24, 2.45) is 0 Å². The van der Waals surface area contributed by atoms with E-state index >= 15 is 0 Å². The second-order valence-corrected chi connectivity index (χ2v) is 4.55. The number of nitrogens with one attached hydrogen (secondary N) is 1. The van der Waals surface area contributed by atoms with E-state index in [0.29, 0.717) is 0 Å². The highest BCUT2D eigenvalue weighted by molar-refractivity contribution is 5.58. The Morgan fingerprint density at radius 1 is 1.00 bits per heavy atom. The fraction of sp³-hybridized carbons (Fsp3) is 0.571. The minimum Gasteiger partial charge on any atom is -0.377 e. The van der Waals surface area contributed by atoms with Crippen LogP contribution in [0.15, 0.2) is 12.1 Å². The van der Waals surface area contributed by atoms with Crippen molar-refractivity contribution in [1.29, 1.82) is 0 Å². The fourth-order valence-electron chi connectivity index (χ4n) is 2.21. The molecule has 1 unspecified atom stereocenters.